The lowest BCUT2D eigenvalue weighted by atomic mass is 10.4. The molecule has 0 amide bonds. The van der Waals surface area contributed by atoms with Gasteiger partial charge in [-0.05, 0) is 22.0 Å². The van der Waals surface area contributed by atoms with Gasteiger partial charge in [-0.3, -0.25) is 0 Å². The Balaban J connectivity index is 2.24. The van der Waals surface area contributed by atoms with Crippen LogP contribution in [0.5, 0.6) is 0 Å². The van der Waals surface area contributed by atoms with Crippen molar-refractivity contribution in [1.82, 2.24) is 10.2 Å². The molecule has 0 atom stereocenters. The lowest BCUT2D eigenvalue weighted by Gasteiger charge is -1.85. The minimum Gasteiger partial charge on any atom is -0.143 e. The Kier molecular flexibility index (Phi) is 3.54. The Labute approximate surface area is 103 Å². The molecule has 0 spiro atoms. The van der Waals surface area contributed by atoms with E-state index in [9.17, 15) is 0 Å². The van der Waals surface area contributed by atoms with E-state index in [0.29, 0.717) is 5.88 Å². The zero-order chi connectivity index (χ0) is 9.97. The van der Waals surface area contributed by atoms with Crippen molar-refractivity contribution in [2.45, 2.75) is 6.42 Å². The van der Waals surface area contributed by atoms with Gasteiger partial charge in [-0.15, -0.1) is 33.1 Å². The van der Waals surface area contributed by atoms with Gasteiger partial charge in [0.2, 0.25) is 0 Å². The third-order valence-electron chi connectivity index (χ3n) is 1.59. The van der Waals surface area contributed by atoms with Gasteiger partial charge in [0.25, 0.3) is 0 Å². The number of hydrogen-bond donors (Lipinski definition) is 0. The molecule has 2 aromatic heterocycles. The summed E-state index contributed by atoms with van der Waals surface area (Å²) in [5.41, 5.74) is 1.13. The average molecular weight is 310 g/mol. The van der Waals surface area contributed by atoms with Crippen molar-refractivity contribution < 1.29 is 0 Å². The van der Waals surface area contributed by atoms with E-state index in [1.165, 1.54) is 0 Å². The van der Waals surface area contributed by atoms with E-state index in [1.54, 1.807) is 22.7 Å². The van der Waals surface area contributed by atoms with E-state index in [2.05, 4.69) is 37.6 Å². The largest absolute Gasteiger partial charge is 0.148 e. The van der Waals surface area contributed by atoms with Crippen LogP contribution >= 0.6 is 50.2 Å². The van der Waals surface area contributed by atoms with Gasteiger partial charge in [-0.1, -0.05) is 11.3 Å². The van der Waals surface area contributed by atoms with Crippen LogP contribution in [0.25, 0.3) is 10.6 Å². The number of halogens is 2. The molecular weight excluding hydrogens is 304 g/mol. The molecule has 0 aliphatic carbocycles. The molecule has 74 valence electrons. The summed E-state index contributed by atoms with van der Waals surface area (Å²) in [4.78, 5) is 0. The fourth-order valence-corrected chi connectivity index (χ4v) is 3.31. The number of aryl methyl sites for hydroxylation is 1. The molecule has 2 aromatic rings. The second kappa shape index (κ2) is 4.70. The van der Waals surface area contributed by atoms with Crippen molar-refractivity contribution in [3.63, 3.8) is 0 Å². The molecule has 0 N–H and O–H groups in total. The second-order valence-electron chi connectivity index (χ2n) is 2.58. The standard InChI is InChI=1S/C8H6BrClN2S2/c9-6-3-5(4-13-6)8-12-11-7(14-8)1-2-10/h3-4H,1-2H2. The minimum atomic E-state index is 0.599. The maximum absolute atomic E-state index is 5.63. The third-order valence-corrected chi connectivity index (χ3v) is 4.32. The minimum absolute atomic E-state index is 0.599. The molecule has 0 radical (unpaired) electrons. The van der Waals surface area contributed by atoms with E-state index in [4.69, 9.17) is 11.6 Å². The summed E-state index contributed by atoms with van der Waals surface area (Å²) >= 11 is 12.3. The summed E-state index contributed by atoms with van der Waals surface area (Å²) in [6, 6.07) is 2.05. The fourth-order valence-electron chi connectivity index (χ4n) is 0.974. The van der Waals surface area contributed by atoms with Crippen molar-refractivity contribution in [2.24, 2.45) is 0 Å². The van der Waals surface area contributed by atoms with Gasteiger partial charge >= 0.3 is 0 Å². The second-order valence-corrected chi connectivity index (χ2v) is 6.31. The number of thiophene rings is 1. The summed E-state index contributed by atoms with van der Waals surface area (Å²) in [5.74, 6) is 0.599. The topological polar surface area (TPSA) is 25.8 Å². The number of rotatable bonds is 3. The number of hydrogen-bond acceptors (Lipinski definition) is 4. The molecule has 6 heteroatoms. The van der Waals surface area contributed by atoms with Crippen LogP contribution in [0.3, 0.4) is 0 Å². The van der Waals surface area contributed by atoms with Crippen molar-refractivity contribution in [2.75, 3.05) is 5.88 Å². The third kappa shape index (κ3) is 2.34. The normalized spacial score (nSPS) is 10.7. The lowest BCUT2D eigenvalue weighted by molar-refractivity contribution is 0.990. The van der Waals surface area contributed by atoms with Crippen LogP contribution in [0.15, 0.2) is 15.2 Å². The maximum atomic E-state index is 5.63. The van der Waals surface area contributed by atoms with Crippen LogP contribution in [0.2, 0.25) is 0 Å². The Morgan fingerprint density at radius 2 is 2.29 bits per heavy atom. The molecule has 2 rings (SSSR count). The Morgan fingerprint density at radius 3 is 2.93 bits per heavy atom. The summed E-state index contributed by atoms with van der Waals surface area (Å²) in [7, 11) is 0. The first-order valence-electron chi connectivity index (χ1n) is 3.92. The van der Waals surface area contributed by atoms with Crippen LogP contribution in [0, 0.1) is 0 Å². The van der Waals surface area contributed by atoms with Gasteiger partial charge in [-0.25, -0.2) is 0 Å². The first kappa shape index (κ1) is 10.5. The van der Waals surface area contributed by atoms with E-state index in [-0.39, 0.29) is 0 Å². The molecule has 0 saturated heterocycles. The molecule has 2 heterocycles. The van der Waals surface area contributed by atoms with Crippen LogP contribution < -0.4 is 0 Å². The van der Waals surface area contributed by atoms with Crippen molar-refractivity contribution >= 4 is 50.2 Å². The van der Waals surface area contributed by atoms with Crippen LogP contribution in [-0.4, -0.2) is 16.1 Å². The van der Waals surface area contributed by atoms with Crippen molar-refractivity contribution in [1.29, 1.82) is 0 Å². The molecule has 0 saturated carbocycles. The first-order chi connectivity index (χ1) is 6.79. The first-order valence-corrected chi connectivity index (χ1v) is 6.94. The van der Waals surface area contributed by atoms with Crippen LogP contribution in [0.1, 0.15) is 5.01 Å². The van der Waals surface area contributed by atoms with Crippen LogP contribution in [-0.2, 0) is 6.42 Å². The molecule has 0 aliphatic rings. The van der Waals surface area contributed by atoms with Gasteiger partial charge in [-0.2, -0.15) is 0 Å². The quantitative estimate of drug-likeness (QED) is 0.806. The molecule has 14 heavy (non-hydrogen) atoms. The fraction of sp³-hybridized carbons (Fsp3) is 0.250. The summed E-state index contributed by atoms with van der Waals surface area (Å²) in [5, 5.41) is 12.2. The Hall–Kier alpha value is 0.0300. The van der Waals surface area contributed by atoms with Gasteiger partial charge < -0.3 is 0 Å². The zero-order valence-corrected chi connectivity index (χ0v) is 11.0. The van der Waals surface area contributed by atoms with E-state index in [1.807, 2.05) is 0 Å². The summed E-state index contributed by atoms with van der Waals surface area (Å²) < 4.78 is 1.11. The zero-order valence-electron chi connectivity index (χ0n) is 7.04. The molecule has 0 unspecified atom stereocenters. The highest BCUT2D eigenvalue weighted by molar-refractivity contribution is 9.11. The number of nitrogens with zero attached hydrogens (tertiary/aromatic N) is 2. The highest BCUT2D eigenvalue weighted by Gasteiger charge is 2.07. The Bertz CT molecular complexity index is 426. The average Bonchev–Trinajstić information content (AvgIpc) is 2.74. The molecule has 2 nitrogen and oxygen atoms in total. The Morgan fingerprint density at radius 1 is 1.43 bits per heavy atom. The lowest BCUT2D eigenvalue weighted by Crippen LogP contribution is -1.82. The van der Waals surface area contributed by atoms with E-state index in [0.717, 1.165) is 25.8 Å². The van der Waals surface area contributed by atoms with E-state index < -0.39 is 0 Å². The predicted octanol–water partition coefficient (Wildman–Crippen LogP) is 3.81. The van der Waals surface area contributed by atoms with Gasteiger partial charge in [0.05, 0.1) is 3.79 Å². The molecule has 0 fully saturated rings. The predicted molar refractivity (Wildman–Crippen MR) is 65.3 cm³/mol. The summed E-state index contributed by atoms with van der Waals surface area (Å²) in [6.45, 7) is 0. The monoisotopic (exact) mass is 308 g/mol. The smallest absolute Gasteiger partial charge is 0.143 e. The van der Waals surface area contributed by atoms with Crippen LogP contribution in [0.4, 0.5) is 0 Å². The summed E-state index contributed by atoms with van der Waals surface area (Å²) in [6.07, 6.45) is 0.796. The highest BCUT2D eigenvalue weighted by Crippen LogP contribution is 2.30. The maximum Gasteiger partial charge on any atom is 0.148 e. The number of aromatic nitrogens is 2. The van der Waals surface area contributed by atoms with Crippen molar-refractivity contribution in [3.05, 3.63) is 20.2 Å². The van der Waals surface area contributed by atoms with Gasteiger partial charge in [0.1, 0.15) is 10.0 Å². The molecule has 0 aromatic carbocycles. The van der Waals surface area contributed by atoms with E-state index >= 15 is 0 Å². The molecular formula is C8H6BrClN2S2. The highest BCUT2D eigenvalue weighted by atomic mass is 79.9. The van der Waals surface area contributed by atoms with Gasteiger partial charge in [0, 0.05) is 23.2 Å². The number of alkyl halides is 1. The van der Waals surface area contributed by atoms with Crippen molar-refractivity contribution in [3.8, 4) is 10.6 Å². The molecule has 0 bridgehead atoms. The molecule has 0 aliphatic heterocycles. The SMILES string of the molecule is ClCCc1nnc(-c2csc(Br)c2)s1. The van der Waals surface area contributed by atoms with Gasteiger partial charge in [0.15, 0.2) is 0 Å².